The van der Waals surface area contributed by atoms with Gasteiger partial charge in [-0.15, -0.1) is 0 Å². The van der Waals surface area contributed by atoms with E-state index in [-0.39, 0.29) is 6.61 Å². The summed E-state index contributed by atoms with van der Waals surface area (Å²) in [5.74, 6) is -3.41. The van der Waals surface area contributed by atoms with E-state index in [2.05, 4.69) is 0 Å². The second-order valence-electron chi connectivity index (χ2n) is 4.42. The van der Waals surface area contributed by atoms with Gasteiger partial charge in [0.15, 0.2) is 5.92 Å². The van der Waals surface area contributed by atoms with Gasteiger partial charge in [-0.05, 0) is 12.5 Å². The van der Waals surface area contributed by atoms with Crippen molar-refractivity contribution in [3.05, 3.63) is 56.1 Å². The lowest BCUT2D eigenvalue weighted by Gasteiger charge is -2.01. The topological polar surface area (TPSA) is 113 Å². The van der Waals surface area contributed by atoms with Crippen molar-refractivity contribution in [3.8, 4) is 0 Å². The van der Waals surface area contributed by atoms with E-state index in [1.807, 2.05) is 0 Å². The maximum absolute atomic E-state index is 11.8. The molecule has 1 aliphatic carbocycles. The number of nitro groups is 2. The van der Waals surface area contributed by atoms with E-state index in [4.69, 9.17) is 4.74 Å². The fourth-order valence-electron chi connectivity index (χ4n) is 2.52. The summed E-state index contributed by atoms with van der Waals surface area (Å²) in [4.78, 5) is 32.2. The number of esters is 1. The van der Waals surface area contributed by atoms with Crippen LogP contribution >= 0.6 is 0 Å². The van der Waals surface area contributed by atoms with Crippen LogP contribution in [0.25, 0.3) is 0 Å². The Hall–Kier alpha value is -2.51. The SMILES string of the molecule is CCOC(=O)C1C(c2ccccc2)C1([N+](=O)[O-])[N+](=O)[O-]. The molecule has 0 spiro atoms. The van der Waals surface area contributed by atoms with E-state index >= 15 is 0 Å². The number of benzene rings is 1. The predicted molar refractivity (Wildman–Crippen MR) is 66.0 cm³/mol. The lowest BCUT2D eigenvalue weighted by molar-refractivity contribution is -0.767. The highest BCUT2D eigenvalue weighted by molar-refractivity contribution is 5.80. The van der Waals surface area contributed by atoms with Crippen molar-refractivity contribution in [2.45, 2.75) is 18.5 Å². The van der Waals surface area contributed by atoms with E-state index in [1.165, 1.54) is 19.1 Å². The Bertz CT molecular complexity index is 544. The highest BCUT2D eigenvalue weighted by Gasteiger charge is 2.91. The van der Waals surface area contributed by atoms with Crippen LogP contribution in [0.5, 0.6) is 0 Å². The van der Waals surface area contributed by atoms with Crippen LogP contribution in [0.15, 0.2) is 30.3 Å². The van der Waals surface area contributed by atoms with Gasteiger partial charge in [-0.25, -0.2) is 0 Å². The van der Waals surface area contributed by atoms with Crippen LogP contribution in [0.1, 0.15) is 18.4 Å². The van der Waals surface area contributed by atoms with E-state index < -0.39 is 33.3 Å². The van der Waals surface area contributed by atoms with Crippen LogP contribution in [0, 0.1) is 26.1 Å². The first-order valence-corrected chi connectivity index (χ1v) is 5.98. The lowest BCUT2D eigenvalue weighted by atomic mass is 10.1. The van der Waals surface area contributed by atoms with Crippen LogP contribution in [0.2, 0.25) is 0 Å². The van der Waals surface area contributed by atoms with Gasteiger partial charge in [0.05, 0.1) is 6.61 Å². The summed E-state index contributed by atoms with van der Waals surface area (Å²) in [5, 5.41) is 22.4. The van der Waals surface area contributed by atoms with Gasteiger partial charge >= 0.3 is 11.6 Å². The first kappa shape index (κ1) is 13.9. The molecule has 1 aromatic rings. The van der Waals surface area contributed by atoms with Crippen molar-refractivity contribution in [1.29, 1.82) is 0 Å². The Morgan fingerprint density at radius 1 is 1.25 bits per heavy atom. The molecule has 106 valence electrons. The maximum atomic E-state index is 11.8. The second kappa shape index (κ2) is 4.87. The Morgan fingerprint density at radius 3 is 2.25 bits per heavy atom. The molecular weight excluding hydrogens is 268 g/mol. The molecule has 2 rings (SSSR count). The molecule has 1 aromatic carbocycles. The van der Waals surface area contributed by atoms with Crippen molar-refractivity contribution >= 4 is 5.97 Å². The van der Waals surface area contributed by atoms with Crippen molar-refractivity contribution in [1.82, 2.24) is 0 Å². The molecule has 20 heavy (non-hydrogen) atoms. The summed E-state index contributed by atoms with van der Waals surface area (Å²) in [5.41, 5.74) is -2.13. The van der Waals surface area contributed by atoms with E-state index in [0.717, 1.165) is 0 Å². The standard InChI is InChI=1S/C12H12N2O6/c1-2-20-11(15)10-9(8-6-4-3-5-7-8)12(10,13(16)17)14(18)19/h3-7,9-10H,2H2,1H3. The average molecular weight is 280 g/mol. The van der Waals surface area contributed by atoms with E-state index in [0.29, 0.717) is 5.56 Å². The summed E-state index contributed by atoms with van der Waals surface area (Å²) in [6.07, 6.45) is 0. The molecule has 2 atom stereocenters. The van der Waals surface area contributed by atoms with Gasteiger partial charge in [0.1, 0.15) is 9.85 Å². The van der Waals surface area contributed by atoms with Gasteiger partial charge in [-0.3, -0.25) is 25.0 Å². The van der Waals surface area contributed by atoms with Gasteiger partial charge in [-0.1, -0.05) is 30.3 Å². The van der Waals surface area contributed by atoms with E-state index in [1.54, 1.807) is 18.2 Å². The van der Waals surface area contributed by atoms with Crippen LogP contribution in [0.4, 0.5) is 0 Å². The van der Waals surface area contributed by atoms with Crippen molar-refractivity contribution < 1.29 is 19.4 Å². The summed E-state index contributed by atoms with van der Waals surface area (Å²) < 4.78 is 4.73. The molecule has 8 heteroatoms. The van der Waals surface area contributed by atoms with Crippen LogP contribution in [-0.2, 0) is 9.53 Å². The normalized spacial score (nSPS) is 22.9. The molecule has 0 aliphatic heterocycles. The average Bonchev–Trinajstić information content (AvgIpc) is 3.11. The molecular formula is C12H12N2O6. The molecule has 0 amide bonds. The van der Waals surface area contributed by atoms with Gasteiger partial charge in [-0.2, -0.15) is 0 Å². The van der Waals surface area contributed by atoms with Crippen LogP contribution in [0.3, 0.4) is 0 Å². The first-order chi connectivity index (χ1) is 9.47. The third-order valence-electron chi connectivity index (χ3n) is 3.42. The highest BCUT2D eigenvalue weighted by Crippen LogP contribution is 2.60. The number of carbonyl (C=O) groups is 1. The zero-order chi connectivity index (χ0) is 14.9. The third-order valence-corrected chi connectivity index (χ3v) is 3.42. The molecule has 1 saturated carbocycles. The zero-order valence-corrected chi connectivity index (χ0v) is 10.6. The van der Waals surface area contributed by atoms with Crippen molar-refractivity contribution in [2.75, 3.05) is 6.61 Å². The van der Waals surface area contributed by atoms with Crippen molar-refractivity contribution in [3.63, 3.8) is 0 Å². The summed E-state index contributed by atoms with van der Waals surface area (Å²) in [6.45, 7) is 1.56. The van der Waals surface area contributed by atoms with Crippen molar-refractivity contribution in [2.24, 2.45) is 5.92 Å². The molecule has 2 unspecified atom stereocenters. The minimum atomic E-state index is -2.52. The molecule has 0 aromatic heterocycles. The quantitative estimate of drug-likeness (QED) is 0.347. The number of rotatable bonds is 5. The minimum Gasteiger partial charge on any atom is -0.465 e. The second-order valence-corrected chi connectivity index (χ2v) is 4.42. The minimum absolute atomic E-state index is 0.0162. The van der Waals surface area contributed by atoms with Gasteiger partial charge in [0.2, 0.25) is 5.92 Å². The van der Waals surface area contributed by atoms with Gasteiger partial charge in [0.25, 0.3) is 0 Å². The zero-order valence-electron chi connectivity index (χ0n) is 10.6. The molecule has 1 fully saturated rings. The van der Waals surface area contributed by atoms with Crippen LogP contribution in [-0.4, -0.2) is 28.1 Å². The molecule has 1 aliphatic rings. The number of carbonyl (C=O) groups excluding carboxylic acids is 1. The largest absolute Gasteiger partial charge is 0.480 e. The third kappa shape index (κ3) is 1.80. The molecule has 0 radical (unpaired) electrons. The number of nitrogens with zero attached hydrogens (tertiary/aromatic N) is 2. The molecule has 0 saturated heterocycles. The summed E-state index contributed by atoms with van der Waals surface area (Å²) in [7, 11) is 0. The first-order valence-electron chi connectivity index (χ1n) is 5.98. The number of hydrogen-bond donors (Lipinski definition) is 0. The fourth-order valence-corrected chi connectivity index (χ4v) is 2.52. The maximum Gasteiger partial charge on any atom is 0.480 e. The molecule has 8 nitrogen and oxygen atoms in total. The Kier molecular flexibility index (Phi) is 3.39. The van der Waals surface area contributed by atoms with Gasteiger partial charge < -0.3 is 4.74 Å². The monoisotopic (exact) mass is 280 g/mol. The Labute approximate surface area is 113 Å². The highest BCUT2D eigenvalue weighted by atomic mass is 16.7. The van der Waals surface area contributed by atoms with E-state index in [9.17, 15) is 25.0 Å². The fraction of sp³-hybridized carbons (Fsp3) is 0.417. The predicted octanol–water partition coefficient (Wildman–Crippen LogP) is 1.21. The van der Waals surface area contributed by atoms with Gasteiger partial charge in [0, 0.05) is 0 Å². The summed E-state index contributed by atoms with van der Waals surface area (Å²) >= 11 is 0. The molecule has 0 N–H and O–H groups in total. The number of hydrogen-bond acceptors (Lipinski definition) is 6. The Morgan fingerprint density at radius 2 is 1.80 bits per heavy atom. The Balaban J connectivity index is 2.45. The van der Waals surface area contributed by atoms with Crippen LogP contribution < -0.4 is 0 Å². The smallest absolute Gasteiger partial charge is 0.465 e. The number of ether oxygens (including phenoxy) is 1. The molecule has 0 bridgehead atoms. The molecule has 0 heterocycles. The lowest BCUT2D eigenvalue weighted by Crippen LogP contribution is -2.36. The summed E-state index contributed by atoms with van der Waals surface area (Å²) in [6, 6.07) is 7.98.